The number of nitrogens with two attached hydrogens (primary N) is 2. The maximum Gasteiger partial charge on any atom is 0.320 e. The van der Waals surface area contributed by atoms with Crippen LogP contribution in [0.1, 0.15) is 96.9 Å². The molecule has 71 heavy (non-hydrogen) atoms. The summed E-state index contributed by atoms with van der Waals surface area (Å²) in [6.07, 6.45) is 12.8. The van der Waals surface area contributed by atoms with Crippen molar-refractivity contribution in [2.45, 2.75) is 79.1 Å². The van der Waals surface area contributed by atoms with Crippen molar-refractivity contribution in [2.24, 2.45) is 22.7 Å². The summed E-state index contributed by atoms with van der Waals surface area (Å²) in [6, 6.07) is 20.1. The quantitative estimate of drug-likeness (QED) is 0.0700. The number of likely N-dealkylation sites (N-methyl/N-ethyl adjacent to an activating group) is 1. The maximum atomic E-state index is 13.1. The standard InChI is InChI=1S/C31H40N6O2S.C25H30N4OS/c1-22(2)31(8-10-36(11-9-31)30(39)37-14-12-35(3)13-15-37)19-29-33-20-25(21-34-29)27(38)18-24-17-23(6-7-26(24)32)28-5-4-16-40-28;1-17(2)25(7-9-27-10-8-25)14-24-28-15-20(16-29-24)22(30)13-19-12-18(5-6-21(19)26)23-4-3-11-31-23/h4-7,16-17,20-22H,8-15,18-19,32H2,1-3H3;3-6,11-12,15-17,27H,7-10,13-14,26H2,1-2H3. The number of piperazine rings is 1. The third kappa shape index (κ3) is 12.6. The van der Waals surface area contributed by atoms with Crippen LogP contribution in [0.25, 0.3) is 20.9 Å². The molecule has 0 radical (unpaired) electrons. The highest BCUT2D eigenvalue weighted by Gasteiger charge is 2.40. The first-order chi connectivity index (χ1) is 34.2. The first-order valence-corrected chi connectivity index (χ1v) is 26.9. The van der Waals surface area contributed by atoms with Crippen LogP contribution in [0.15, 0.2) is 96.2 Å². The van der Waals surface area contributed by atoms with Gasteiger partial charge in [-0.05, 0) is 138 Å². The number of thiophene rings is 2. The van der Waals surface area contributed by atoms with E-state index in [9.17, 15) is 14.4 Å². The molecule has 2 amide bonds. The van der Waals surface area contributed by atoms with Crippen LogP contribution in [0.4, 0.5) is 16.2 Å². The van der Waals surface area contributed by atoms with Crippen molar-refractivity contribution in [2.75, 3.05) is 70.9 Å². The number of rotatable bonds is 14. The van der Waals surface area contributed by atoms with E-state index >= 15 is 0 Å². The molecule has 0 spiro atoms. The van der Waals surface area contributed by atoms with Crippen LogP contribution in [-0.4, -0.2) is 112 Å². The van der Waals surface area contributed by atoms with Crippen molar-refractivity contribution in [3.8, 4) is 20.9 Å². The van der Waals surface area contributed by atoms with Crippen molar-refractivity contribution in [3.63, 3.8) is 0 Å². The van der Waals surface area contributed by atoms with Crippen LogP contribution >= 0.6 is 22.7 Å². The van der Waals surface area contributed by atoms with Crippen LogP contribution in [0.3, 0.4) is 0 Å². The molecule has 3 fully saturated rings. The number of ketones is 2. The Morgan fingerprint density at radius 3 is 1.44 bits per heavy atom. The number of nitrogens with one attached hydrogen (secondary N) is 1. The van der Waals surface area contributed by atoms with Crippen molar-refractivity contribution in [1.29, 1.82) is 0 Å². The zero-order chi connectivity index (χ0) is 50.1. The number of amides is 2. The number of benzene rings is 2. The Morgan fingerprint density at radius 1 is 0.606 bits per heavy atom. The Labute approximate surface area is 427 Å². The Kier molecular flexibility index (Phi) is 16.8. The molecule has 5 N–H and O–H groups in total. The minimum atomic E-state index is -0.0455. The van der Waals surface area contributed by atoms with E-state index in [4.69, 9.17) is 11.5 Å². The highest BCUT2D eigenvalue weighted by Crippen LogP contribution is 2.42. The maximum absolute atomic E-state index is 13.1. The lowest BCUT2D eigenvalue weighted by Gasteiger charge is -2.46. The van der Waals surface area contributed by atoms with Crippen LogP contribution in [0.5, 0.6) is 0 Å². The van der Waals surface area contributed by atoms with Gasteiger partial charge < -0.3 is 31.5 Å². The van der Waals surface area contributed by atoms with Gasteiger partial charge in [0.15, 0.2) is 11.6 Å². The normalized spacial score (nSPS) is 16.9. The predicted molar refractivity (Wildman–Crippen MR) is 288 cm³/mol. The second-order valence-electron chi connectivity index (χ2n) is 20.5. The van der Waals surface area contributed by atoms with E-state index in [1.807, 2.05) is 69.1 Å². The van der Waals surface area contributed by atoms with E-state index in [0.29, 0.717) is 34.3 Å². The molecule has 0 aliphatic carbocycles. The number of nitrogens with zero attached hydrogens (tertiary/aromatic N) is 7. The van der Waals surface area contributed by atoms with Gasteiger partial charge in [0.05, 0.1) is 11.1 Å². The topological polar surface area (TPSA) is 177 Å². The average molecular weight is 995 g/mol. The Morgan fingerprint density at radius 2 is 1.03 bits per heavy atom. The third-order valence-corrected chi connectivity index (χ3v) is 17.4. The fraction of sp³-hybridized carbons (Fsp3) is 0.446. The van der Waals surface area contributed by atoms with E-state index in [0.717, 1.165) is 130 Å². The Bertz CT molecular complexity index is 2700. The van der Waals surface area contributed by atoms with Crippen LogP contribution in [-0.2, 0) is 25.7 Å². The molecule has 3 saturated heterocycles. The summed E-state index contributed by atoms with van der Waals surface area (Å²) < 4.78 is 0. The largest absolute Gasteiger partial charge is 0.398 e. The summed E-state index contributed by atoms with van der Waals surface area (Å²) >= 11 is 3.34. The zero-order valence-corrected chi connectivity index (χ0v) is 43.7. The first-order valence-electron chi connectivity index (χ1n) is 25.2. The van der Waals surface area contributed by atoms with Gasteiger partial charge in [0.1, 0.15) is 11.6 Å². The Balaban J connectivity index is 0.000000197. The number of anilines is 2. The lowest BCUT2D eigenvalue weighted by molar-refractivity contribution is 0.0563. The number of Topliss-reactive ketones (excluding diaryl/α,β-unsaturated/α-hetero) is 2. The molecular formula is C56H70N10O3S2. The number of urea groups is 1. The lowest BCUT2D eigenvalue weighted by atomic mass is 9.67. The lowest BCUT2D eigenvalue weighted by Crippen LogP contribution is -2.55. The summed E-state index contributed by atoms with van der Waals surface area (Å²) in [6.45, 7) is 16.1. The van der Waals surface area contributed by atoms with Gasteiger partial charge in [0.25, 0.3) is 0 Å². The van der Waals surface area contributed by atoms with Gasteiger partial charge in [-0.3, -0.25) is 9.59 Å². The fourth-order valence-corrected chi connectivity index (χ4v) is 11.7. The van der Waals surface area contributed by atoms with Crippen LogP contribution < -0.4 is 16.8 Å². The van der Waals surface area contributed by atoms with E-state index in [1.165, 1.54) is 4.88 Å². The predicted octanol–water partition coefficient (Wildman–Crippen LogP) is 9.64. The van der Waals surface area contributed by atoms with E-state index in [1.54, 1.807) is 47.5 Å². The highest BCUT2D eigenvalue weighted by atomic mass is 32.1. The van der Waals surface area contributed by atoms with Crippen LogP contribution in [0, 0.1) is 22.7 Å². The number of carbonyl (C=O) groups excluding carboxylic acids is 3. The number of aromatic nitrogens is 4. The molecule has 0 unspecified atom stereocenters. The van der Waals surface area contributed by atoms with Gasteiger partial charge in [-0.15, -0.1) is 22.7 Å². The average Bonchev–Trinajstić information content (AvgIpc) is 4.13. The molecule has 4 aromatic heterocycles. The summed E-state index contributed by atoms with van der Waals surface area (Å²) in [7, 11) is 2.10. The molecule has 3 aliphatic rings. The minimum Gasteiger partial charge on any atom is -0.398 e. The minimum absolute atomic E-state index is 0.0120. The zero-order valence-electron chi connectivity index (χ0n) is 42.0. The van der Waals surface area contributed by atoms with Gasteiger partial charge in [0, 0.05) is 111 Å². The highest BCUT2D eigenvalue weighted by molar-refractivity contribution is 7.13. The molecule has 0 saturated carbocycles. The van der Waals surface area contributed by atoms with Gasteiger partial charge in [-0.2, -0.15) is 0 Å². The van der Waals surface area contributed by atoms with Crippen molar-refractivity contribution in [1.82, 2.24) is 40.0 Å². The Hall–Kier alpha value is -5.87. The van der Waals surface area contributed by atoms with E-state index in [2.05, 4.69) is 77.0 Å². The summed E-state index contributed by atoms with van der Waals surface area (Å²) in [5, 5.41) is 7.53. The first kappa shape index (κ1) is 51.5. The molecule has 0 atom stereocenters. The molecule has 3 aliphatic heterocycles. The summed E-state index contributed by atoms with van der Waals surface area (Å²) in [5.41, 5.74) is 18.7. The number of likely N-dealkylation sites (tertiary alicyclic amines) is 1. The molecule has 7 heterocycles. The van der Waals surface area contributed by atoms with Gasteiger partial charge in [-0.25, -0.2) is 24.7 Å². The molecule has 374 valence electrons. The van der Waals surface area contributed by atoms with Crippen molar-refractivity contribution >= 4 is 51.6 Å². The summed E-state index contributed by atoms with van der Waals surface area (Å²) in [4.78, 5) is 66.1. The van der Waals surface area contributed by atoms with Gasteiger partial charge in [0.2, 0.25) is 0 Å². The molecule has 9 rings (SSSR count). The smallest absolute Gasteiger partial charge is 0.320 e. The number of piperidine rings is 2. The fourth-order valence-electron chi connectivity index (χ4n) is 10.3. The van der Waals surface area contributed by atoms with Crippen molar-refractivity contribution in [3.05, 3.63) is 130 Å². The number of nitrogen functional groups attached to an aromatic ring is 2. The molecule has 6 aromatic rings. The second kappa shape index (κ2) is 23.1. The number of carbonyl (C=O) groups is 3. The third-order valence-electron chi connectivity index (χ3n) is 15.5. The molecule has 2 aromatic carbocycles. The van der Waals surface area contributed by atoms with Crippen molar-refractivity contribution < 1.29 is 14.4 Å². The number of hydrogen-bond donors (Lipinski definition) is 3. The summed E-state index contributed by atoms with van der Waals surface area (Å²) in [5.74, 6) is 2.52. The molecule has 0 bridgehead atoms. The molecule has 13 nitrogen and oxygen atoms in total. The second-order valence-corrected chi connectivity index (χ2v) is 22.4. The van der Waals surface area contributed by atoms with Gasteiger partial charge >= 0.3 is 6.03 Å². The SMILES string of the molecule is CC(C)C1(Cc2ncc(C(=O)Cc3cc(-c4cccs4)ccc3N)cn2)CCN(C(=O)N2CCN(C)CC2)CC1.CC(C)C1(Cc2ncc(C(=O)Cc3cc(-c4cccs4)ccc3N)cn2)CCNCC1. The van der Waals surface area contributed by atoms with E-state index < -0.39 is 0 Å². The molecule has 15 heteroatoms. The van der Waals surface area contributed by atoms with E-state index in [-0.39, 0.29) is 41.3 Å². The van der Waals surface area contributed by atoms with Crippen LogP contribution in [0.2, 0.25) is 0 Å². The van der Waals surface area contributed by atoms with Gasteiger partial charge in [-0.1, -0.05) is 52.0 Å². The monoisotopic (exact) mass is 995 g/mol. The number of hydrogen-bond acceptors (Lipinski definition) is 13. The molecular weight excluding hydrogens is 925 g/mol.